The predicted molar refractivity (Wildman–Crippen MR) is 140 cm³/mol. The van der Waals surface area contributed by atoms with Gasteiger partial charge in [-0.2, -0.15) is 0 Å². The van der Waals surface area contributed by atoms with E-state index in [0.29, 0.717) is 50.3 Å². The van der Waals surface area contributed by atoms with E-state index in [1.807, 2.05) is 53.4 Å². The molecule has 0 bridgehead atoms. The van der Waals surface area contributed by atoms with Crippen LogP contribution in [0.15, 0.2) is 48.5 Å². The number of carbonyl (C=O) groups excluding carboxylic acids is 3. The molecule has 0 spiro atoms. The first-order chi connectivity index (χ1) is 17.4. The smallest absolute Gasteiger partial charge is 0.324 e. The number of nitrogens with zero attached hydrogens (tertiary/aromatic N) is 3. The number of hydrogen-bond acceptors (Lipinski definition) is 4. The van der Waals surface area contributed by atoms with Crippen LogP contribution in [-0.4, -0.2) is 66.4 Å². The van der Waals surface area contributed by atoms with Crippen LogP contribution in [0.4, 0.5) is 10.5 Å². The predicted octanol–water partition coefficient (Wildman–Crippen LogP) is 3.88. The molecule has 1 saturated carbocycles. The minimum atomic E-state index is -0.337. The van der Waals surface area contributed by atoms with Crippen molar-refractivity contribution in [3.8, 4) is 0 Å². The fraction of sp³-hybridized carbons (Fsp3) is 0.464. The van der Waals surface area contributed by atoms with Gasteiger partial charge in [-0.1, -0.05) is 48.0 Å². The third kappa shape index (κ3) is 5.07. The summed E-state index contributed by atoms with van der Waals surface area (Å²) in [5, 5.41) is 3.75. The zero-order valence-corrected chi connectivity index (χ0v) is 21.4. The van der Waals surface area contributed by atoms with Crippen molar-refractivity contribution < 1.29 is 14.4 Å². The van der Waals surface area contributed by atoms with Crippen molar-refractivity contribution >= 4 is 35.1 Å². The number of urea groups is 1. The van der Waals surface area contributed by atoms with Gasteiger partial charge in [0.05, 0.1) is 5.92 Å². The zero-order chi connectivity index (χ0) is 25.2. The molecule has 3 atom stereocenters. The van der Waals surface area contributed by atoms with Gasteiger partial charge in [0.15, 0.2) is 0 Å². The molecule has 2 aromatic carbocycles. The van der Waals surface area contributed by atoms with Crippen LogP contribution in [0.2, 0.25) is 5.02 Å². The average Bonchev–Trinajstić information content (AvgIpc) is 2.90. The van der Waals surface area contributed by atoms with Crippen molar-refractivity contribution in [3.63, 3.8) is 0 Å². The summed E-state index contributed by atoms with van der Waals surface area (Å²) in [6.07, 6.45) is 2.48. The molecule has 5 rings (SSSR count). The molecule has 3 fully saturated rings. The molecule has 0 radical (unpaired) electrons. The van der Waals surface area contributed by atoms with Gasteiger partial charge in [-0.15, -0.1) is 0 Å². The summed E-state index contributed by atoms with van der Waals surface area (Å²) in [5.41, 5.74) is 3.39. The number of piperazine rings is 1. The molecule has 2 aromatic rings. The van der Waals surface area contributed by atoms with Crippen LogP contribution < -0.4 is 10.2 Å². The van der Waals surface area contributed by atoms with Crippen LogP contribution >= 0.6 is 11.6 Å². The largest absolute Gasteiger partial charge is 0.368 e. The minimum absolute atomic E-state index is 0.101. The first kappa shape index (κ1) is 24.6. The number of imide groups is 1. The summed E-state index contributed by atoms with van der Waals surface area (Å²) >= 11 is 6.20. The van der Waals surface area contributed by atoms with Crippen LogP contribution in [-0.2, 0) is 16.0 Å². The van der Waals surface area contributed by atoms with E-state index in [-0.39, 0.29) is 35.7 Å². The molecule has 4 amide bonds. The second-order valence-electron chi connectivity index (χ2n) is 10.1. The number of anilines is 1. The van der Waals surface area contributed by atoms with Crippen LogP contribution in [0.5, 0.6) is 0 Å². The van der Waals surface area contributed by atoms with Gasteiger partial charge in [0.2, 0.25) is 11.8 Å². The molecule has 3 unspecified atom stereocenters. The molecular formula is C28H33ClN4O3. The molecule has 2 aliphatic heterocycles. The van der Waals surface area contributed by atoms with E-state index in [1.54, 1.807) is 0 Å². The van der Waals surface area contributed by atoms with Gasteiger partial charge in [-0.3, -0.25) is 14.5 Å². The van der Waals surface area contributed by atoms with Gasteiger partial charge in [0.1, 0.15) is 0 Å². The SMILES string of the molecule is Cc1ccc(Cl)cc1N1CCN(C(=O)C2CCC3C(=O)N(CCc4ccccc4)C(=O)NC3C2)CC1. The Morgan fingerprint density at radius 3 is 2.53 bits per heavy atom. The van der Waals surface area contributed by atoms with Crippen molar-refractivity contribution in [2.24, 2.45) is 11.8 Å². The highest BCUT2D eigenvalue weighted by Crippen LogP contribution is 2.34. The summed E-state index contributed by atoms with van der Waals surface area (Å²) in [5.74, 6) is -0.361. The molecule has 190 valence electrons. The molecular weight excluding hydrogens is 476 g/mol. The lowest BCUT2D eigenvalue weighted by Gasteiger charge is -2.44. The average molecular weight is 509 g/mol. The Morgan fingerprint density at radius 2 is 1.78 bits per heavy atom. The fourth-order valence-electron chi connectivity index (χ4n) is 5.83. The molecule has 2 saturated heterocycles. The van der Waals surface area contributed by atoms with E-state index in [0.717, 1.165) is 24.3 Å². The number of carbonyl (C=O) groups is 3. The van der Waals surface area contributed by atoms with Crippen molar-refractivity contribution in [1.82, 2.24) is 15.1 Å². The monoisotopic (exact) mass is 508 g/mol. The summed E-state index contributed by atoms with van der Waals surface area (Å²) in [7, 11) is 0. The number of aryl methyl sites for hydroxylation is 1. The maximum absolute atomic E-state index is 13.4. The summed E-state index contributed by atoms with van der Waals surface area (Å²) in [6, 6.07) is 15.2. The minimum Gasteiger partial charge on any atom is -0.368 e. The van der Waals surface area contributed by atoms with E-state index < -0.39 is 0 Å². The van der Waals surface area contributed by atoms with E-state index >= 15 is 0 Å². The molecule has 2 heterocycles. The van der Waals surface area contributed by atoms with E-state index in [2.05, 4.69) is 17.1 Å². The molecule has 3 aliphatic rings. The van der Waals surface area contributed by atoms with Crippen molar-refractivity contribution in [2.75, 3.05) is 37.6 Å². The highest BCUT2D eigenvalue weighted by Gasteiger charge is 2.46. The van der Waals surface area contributed by atoms with Crippen LogP contribution in [0.3, 0.4) is 0 Å². The summed E-state index contributed by atoms with van der Waals surface area (Å²) < 4.78 is 0. The lowest BCUT2D eigenvalue weighted by Crippen LogP contribution is -2.62. The molecule has 1 aliphatic carbocycles. The zero-order valence-electron chi connectivity index (χ0n) is 20.7. The van der Waals surface area contributed by atoms with Gasteiger partial charge in [0, 0.05) is 55.4 Å². The standard InChI is InChI=1S/C28H33ClN4O3/c1-19-7-9-22(29)18-25(19)31-13-15-32(16-14-31)26(34)21-8-10-23-24(17-21)30-28(36)33(27(23)35)12-11-20-5-3-2-4-6-20/h2-7,9,18,21,23-24H,8,10-17H2,1H3,(H,30,36). The number of amides is 4. The number of fused-ring (bicyclic) bond motifs is 1. The quantitative estimate of drug-likeness (QED) is 0.665. The van der Waals surface area contributed by atoms with E-state index in [1.165, 1.54) is 10.5 Å². The van der Waals surface area contributed by atoms with Gasteiger partial charge < -0.3 is 15.1 Å². The van der Waals surface area contributed by atoms with Gasteiger partial charge in [-0.25, -0.2) is 4.79 Å². The molecule has 1 N–H and O–H groups in total. The lowest BCUT2D eigenvalue weighted by molar-refractivity contribution is -0.142. The maximum Gasteiger partial charge on any atom is 0.324 e. The number of rotatable bonds is 5. The second-order valence-corrected chi connectivity index (χ2v) is 10.6. The Hall–Kier alpha value is -3.06. The van der Waals surface area contributed by atoms with Crippen molar-refractivity contribution in [1.29, 1.82) is 0 Å². The highest BCUT2D eigenvalue weighted by atomic mass is 35.5. The Kier molecular flexibility index (Phi) is 7.19. The molecule has 7 nitrogen and oxygen atoms in total. The Morgan fingerprint density at radius 1 is 1.03 bits per heavy atom. The summed E-state index contributed by atoms with van der Waals surface area (Å²) in [6.45, 7) is 5.29. The van der Waals surface area contributed by atoms with Gasteiger partial charge in [-0.05, 0) is 55.9 Å². The topological polar surface area (TPSA) is 73.0 Å². The van der Waals surface area contributed by atoms with E-state index in [4.69, 9.17) is 11.6 Å². The van der Waals surface area contributed by atoms with E-state index in [9.17, 15) is 14.4 Å². The summed E-state index contributed by atoms with van der Waals surface area (Å²) in [4.78, 5) is 44.9. The van der Waals surface area contributed by atoms with Crippen LogP contribution in [0, 0.1) is 18.8 Å². The number of benzene rings is 2. The Balaban J connectivity index is 1.15. The van der Waals surface area contributed by atoms with Gasteiger partial charge in [0.25, 0.3) is 0 Å². The molecule has 0 aromatic heterocycles. The first-order valence-corrected chi connectivity index (χ1v) is 13.2. The Labute approximate surface area is 217 Å². The lowest BCUT2D eigenvalue weighted by atomic mass is 9.76. The number of halogens is 1. The molecule has 8 heteroatoms. The number of nitrogens with one attached hydrogen (secondary N) is 1. The van der Waals surface area contributed by atoms with Crippen LogP contribution in [0.1, 0.15) is 30.4 Å². The van der Waals surface area contributed by atoms with Crippen molar-refractivity contribution in [2.45, 2.75) is 38.6 Å². The Bertz CT molecular complexity index is 1130. The maximum atomic E-state index is 13.4. The second kappa shape index (κ2) is 10.5. The number of hydrogen-bond donors (Lipinski definition) is 1. The third-order valence-electron chi connectivity index (χ3n) is 7.91. The fourth-order valence-corrected chi connectivity index (χ4v) is 6.00. The van der Waals surface area contributed by atoms with Crippen LogP contribution in [0.25, 0.3) is 0 Å². The molecule has 36 heavy (non-hydrogen) atoms. The highest BCUT2D eigenvalue weighted by molar-refractivity contribution is 6.30. The van der Waals surface area contributed by atoms with Gasteiger partial charge >= 0.3 is 6.03 Å². The third-order valence-corrected chi connectivity index (χ3v) is 8.14. The first-order valence-electron chi connectivity index (χ1n) is 12.9. The van der Waals surface area contributed by atoms with Crippen molar-refractivity contribution in [3.05, 3.63) is 64.7 Å². The normalized spacial score (nSPS) is 24.4.